The summed E-state index contributed by atoms with van der Waals surface area (Å²) in [7, 11) is 0. The van der Waals surface area contributed by atoms with Crippen LogP contribution in [0.1, 0.15) is 10.4 Å². The molecule has 1 aromatic heterocycles. The van der Waals surface area contributed by atoms with Gasteiger partial charge in [-0.25, -0.2) is 8.96 Å². The monoisotopic (exact) mass is 449 g/mol. The first-order valence-electron chi connectivity index (χ1n) is 8.99. The molecule has 0 aliphatic rings. The first-order valence-corrected chi connectivity index (χ1v) is 8.99. The van der Waals surface area contributed by atoms with Crippen molar-refractivity contribution in [1.82, 2.24) is 4.98 Å². The second-order valence-corrected chi connectivity index (χ2v) is 6.49. The van der Waals surface area contributed by atoms with E-state index in [9.17, 15) is 9.18 Å². The zero-order chi connectivity index (χ0) is 19.3. The molecule has 0 fully saturated rings. The minimum absolute atomic E-state index is 0. The first kappa shape index (κ1) is 20.6. The van der Waals surface area contributed by atoms with Gasteiger partial charge in [0.2, 0.25) is 5.78 Å². The van der Waals surface area contributed by atoms with Crippen LogP contribution in [-0.4, -0.2) is 10.8 Å². The highest BCUT2D eigenvalue weighted by Crippen LogP contribution is 2.23. The molecular weight excluding hydrogens is 431 g/mol. The van der Waals surface area contributed by atoms with Gasteiger partial charge in [0, 0.05) is 17.2 Å². The maximum atomic E-state index is 13.0. The number of nitrogens with zero attached hydrogens (tertiary/aromatic N) is 2. The lowest BCUT2D eigenvalue weighted by atomic mass is 10.0. The molecule has 4 aromatic rings. The third-order valence-electron chi connectivity index (χ3n) is 4.55. The Morgan fingerprint density at radius 2 is 1.41 bits per heavy atom. The average Bonchev–Trinajstić information content (AvgIpc) is 2.75. The number of hydrogen-bond donors (Lipinski definition) is 0. The van der Waals surface area contributed by atoms with Crippen molar-refractivity contribution in [3.63, 3.8) is 0 Å². The molecule has 0 saturated heterocycles. The molecule has 0 aliphatic heterocycles. The molecule has 3 nitrogen and oxygen atoms in total. The predicted octanol–water partition coefficient (Wildman–Crippen LogP) is 5.30. The Kier molecular flexibility index (Phi) is 6.62. The third kappa shape index (κ3) is 5.00. The summed E-state index contributed by atoms with van der Waals surface area (Å²) in [4.78, 5) is 16.7. The van der Waals surface area contributed by atoms with E-state index in [1.807, 2.05) is 42.6 Å². The van der Waals surface area contributed by atoms with Gasteiger partial charge in [-0.3, -0.25) is 4.79 Å². The van der Waals surface area contributed by atoms with Gasteiger partial charge in [0.1, 0.15) is 5.82 Å². The standard InChI is InChI=1S/C24H18FN2O.BrH/c25-22-12-10-21(11-13-22)24(28)16-27-15-14-23(26-17-27)20-8-6-19(7-9-20)18-4-2-1-3-5-18;/h1-15,17H,16H2;1H/q+1;. The first-order chi connectivity index (χ1) is 13.7. The lowest BCUT2D eigenvalue weighted by molar-refractivity contribution is -0.686. The van der Waals surface area contributed by atoms with Crippen LogP contribution >= 0.6 is 17.0 Å². The van der Waals surface area contributed by atoms with E-state index in [1.165, 1.54) is 29.8 Å². The molecule has 0 aliphatic carbocycles. The molecule has 0 atom stereocenters. The van der Waals surface area contributed by atoms with E-state index in [2.05, 4.69) is 29.2 Å². The van der Waals surface area contributed by atoms with Crippen LogP contribution in [0.3, 0.4) is 0 Å². The maximum Gasteiger partial charge on any atom is 0.287 e. The van der Waals surface area contributed by atoms with Crippen molar-refractivity contribution in [2.75, 3.05) is 0 Å². The van der Waals surface area contributed by atoms with Gasteiger partial charge in [-0.15, -0.1) is 17.0 Å². The van der Waals surface area contributed by atoms with Gasteiger partial charge in [0.15, 0.2) is 12.2 Å². The SMILES string of the molecule is Br.O=C(C[n+]1ccc(-c2ccc(-c3ccccc3)cc2)nc1)c1ccc(F)cc1. The Labute approximate surface area is 179 Å². The van der Waals surface area contributed by atoms with Gasteiger partial charge < -0.3 is 0 Å². The Bertz CT molecular complexity index is 1080. The van der Waals surface area contributed by atoms with E-state index in [-0.39, 0.29) is 35.1 Å². The van der Waals surface area contributed by atoms with Crippen LogP contribution in [0.25, 0.3) is 22.4 Å². The maximum absolute atomic E-state index is 13.0. The highest BCUT2D eigenvalue weighted by molar-refractivity contribution is 8.93. The molecule has 0 bridgehead atoms. The van der Waals surface area contributed by atoms with Crippen LogP contribution in [0.4, 0.5) is 4.39 Å². The van der Waals surface area contributed by atoms with Crippen molar-refractivity contribution >= 4 is 22.8 Å². The Hall–Kier alpha value is -3.18. The summed E-state index contributed by atoms with van der Waals surface area (Å²) in [6.45, 7) is 0.159. The summed E-state index contributed by atoms with van der Waals surface area (Å²) in [6, 6.07) is 25.9. The van der Waals surface area contributed by atoms with Crippen molar-refractivity contribution in [3.05, 3.63) is 109 Å². The normalized spacial score (nSPS) is 10.2. The Balaban J connectivity index is 0.00000240. The van der Waals surface area contributed by atoms with Crippen molar-refractivity contribution < 1.29 is 13.8 Å². The largest absolute Gasteiger partial charge is 0.290 e. The van der Waals surface area contributed by atoms with Crippen LogP contribution in [-0.2, 0) is 6.54 Å². The van der Waals surface area contributed by atoms with Gasteiger partial charge in [-0.2, -0.15) is 0 Å². The van der Waals surface area contributed by atoms with Gasteiger partial charge in [0.25, 0.3) is 6.33 Å². The lowest BCUT2D eigenvalue weighted by Crippen LogP contribution is -2.37. The van der Waals surface area contributed by atoms with E-state index >= 15 is 0 Å². The van der Waals surface area contributed by atoms with E-state index in [1.54, 1.807) is 10.9 Å². The smallest absolute Gasteiger partial charge is 0.287 e. The predicted molar refractivity (Wildman–Crippen MR) is 116 cm³/mol. The molecular formula is C24H19BrFN2O+. The molecule has 3 aromatic carbocycles. The summed E-state index contributed by atoms with van der Waals surface area (Å²) in [6.07, 6.45) is 3.47. The van der Waals surface area contributed by atoms with Gasteiger partial charge in [0.05, 0.1) is 6.20 Å². The van der Waals surface area contributed by atoms with Crippen LogP contribution < -0.4 is 4.57 Å². The summed E-state index contributed by atoms with van der Waals surface area (Å²) >= 11 is 0. The van der Waals surface area contributed by atoms with Crippen LogP contribution in [0.2, 0.25) is 0 Å². The second kappa shape index (κ2) is 9.34. The third-order valence-corrected chi connectivity index (χ3v) is 4.55. The number of benzene rings is 3. The van der Waals surface area contributed by atoms with Crippen LogP contribution in [0, 0.1) is 5.82 Å². The molecule has 1 heterocycles. The van der Waals surface area contributed by atoms with E-state index in [4.69, 9.17) is 0 Å². The number of Topliss-reactive ketones (excluding diaryl/α,β-unsaturated/α-hetero) is 1. The summed E-state index contributed by atoms with van der Waals surface area (Å²) < 4.78 is 14.7. The van der Waals surface area contributed by atoms with Gasteiger partial charge >= 0.3 is 0 Å². The molecule has 0 radical (unpaired) electrons. The van der Waals surface area contributed by atoms with E-state index < -0.39 is 0 Å². The van der Waals surface area contributed by atoms with Crippen molar-refractivity contribution in [2.45, 2.75) is 6.54 Å². The zero-order valence-corrected chi connectivity index (χ0v) is 17.2. The number of carbonyl (C=O) groups excluding carboxylic acids is 1. The van der Waals surface area contributed by atoms with Crippen LogP contribution in [0.5, 0.6) is 0 Å². The molecule has 0 amide bonds. The highest BCUT2D eigenvalue weighted by Gasteiger charge is 2.12. The molecule has 144 valence electrons. The Morgan fingerprint density at radius 3 is 2.03 bits per heavy atom. The summed E-state index contributed by atoms with van der Waals surface area (Å²) in [5, 5.41) is 0. The average molecular weight is 450 g/mol. The molecule has 0 saturated carbocycles. The van der Waals surface area contributed by atoms with E-state index in [0.717, 1.165) is 16.8 Å². The quantitative estimate of drug-likeness (QED) is 0.305. The molecule has 4 rings (SSSR count). The van der Waals surface area contributed by atoms with Crippen LogP contribution in [0.15, 0.2) is 97.5 Å². The molecule has 29 heavy (non-hydrogen) atoms. The fourth-order valence-corrected chi connectivity index (χ4v) is 3.01. The number of ketones is 1. The van der Waals surface area contributed by atoms with E-state index in [0.29, 0.717) is 5.56 Å². The fourth-order valence-electron chi connectivity index (χ4n) is 3.01. The summed E-state index contributed by atoms with van der Waals surface area (Å²) in [5.74, 6) is -0.444. The molecule has 5 heteroatoms. The summed E-state index contributed by atoms with van der Waals surface area (Å²) in [5.41, 5.74) is 4.66. The van der Waals surface area contributed by atoms with Crippen molar-refractivity contribution in [1.29, 1.82) is 0 Å². The fraction of sp³-hybridized carbons (Fsp3) is 0.0417. The zero-order valence-electron chi connectivity index (χ0n) is 15.5. The Morgan fingerprint density at radius 1 is 0.793 bits per heavy atom. The van der Waals surface area contributed by atoms with Crippen molar-refractivity contribution in [3.8, 4) is 22.4 Å². The number of carbonyl (C=O) groups is 1. The highest BCUT2D eigenvalue weighted by atomic mass is 79.9. The molecule has 0 unspecified atom stereocenters. The number of rotatable bonds is 5. The van der Waals surface area contributed by atoms with Gasteiger partial charge in [-0.1, -0.05) is 42.5 Å². The lowest BCUT2D eigenvalue weighted by Gasteiger charge is -2.03. The molecule has 0 N–H and O–H groups in total. The number of hydrogen-bond acceptors (Lipinski definition) is 2. The topological polar surface area (TPSA) is 33.8 Å². The number of aromatic nitrogens is 2. The minimum atomic E-state index is -0.353. The minimum Gasteiger partial charge on any atom is -0.290 e. The van der Waals surface area contributed by atoms with Gasteiger partial charge in [-0.05, 0) is 52.5 Å². The van der Waals surface area contributed by atoms with Crippen molar-refractivity contribution in [2.24, 2.45) is 0 Å². The number of halogens is 2. The molecule has 0 spiro atoms. The second-order valence-electron chi connectivity index (χ2n) is 6.49.